The first kappa shape index (κ1) is 12.2. The Labute approximate surface area is 132 Å². The van der Waals surface area contributed by atoms with E-state index in [9.17, 15) is 0 Å². The molecule has 0 aromatic heterocycles. The molecule has 1 atom stereocenters. The van der Waals surface area contributed by atoms with Crippen molar-refractivity contribution in [1.29, 1.82) is 0 Å². The van der Waals surface area contributed by atoms with Gasteiger partial charge in [0.15, 0.2) is 0 Å². The minimum Gasteiger partial charge on any atom is -0.0622 e. The molecule has 0 N–H and O–H groups in total. The third kappa shape index (κ3) is 1.73. The second-order valence-corrected chi connectivity index (χ2v) is 6.30. The highest BCUT2D eigenvalue weighted by Gasteiger charge is 2.30. The van der Waals surface area contributed by atoms with Crippen molar-refractivity contribution in [2.45, 2.75) is 5.92 Å². The number of halogens is 1. The average molecular weight is 368 g/mol. The first-order valence-electron chi connectivity index (χ1n) is 6.79. The summed E-state index contributed by atoms with van der Waals surface area (Å²) in [6, 6.07) is 26.2. The van der Waals surface area contributed by atoms with E-state index in [1.54, 1.807) is 0 Å². The van der Waals surface area contributed by atoms with E-state index in [4.69, 9.17) is 0 Å². The summed E-state index contributed by atoms with van der Waals surface area (Å²) in [5.41, 5.74) is 7.04. The molecule has 1 heteroatoms. The summed E-state index contributed by atoms with van der Waals surface area (Å²) >= 11 is 2.45. The maximum Gasteiger partial charge on any atom is 0.0352 e. The Bertz CT molecular complexity index is 775. The van der Waals surface area contributed by atoms with Gasteiger partial charge in [0.25, 0.3) is 0 Å². The van der Waals surface area contributed by atoms with E-state index in [1.165, 1.54) is 31.4 Å². The van der Waals surface area contributed by atoms with Gasteiger partial charge in [-0.3, -0.25) is 0 Å². The summed E-state index contributed by atoms with van der Waals surface area (Å²) in [5, 5.41) is 0. The molecular formula is C19H13I. The van der Waals surface area contributed by atoms with Gasteiger partial charge in [-0.1, -0.05) is 66.7 Å². The van der Waals surface area contributed by atoms with Crippen LogP contribution in [0.5, 0.6) is 0 Å². The first-order valence-corrected chi connectivity index (χ1v) is 7.87. The molecule has 0 radical (unpaired) electrons. The van der Waals surface area contributed by atoms with Crippen molar-refractivity contribution in [1.82, 2.24) is 0 Å². The van der Waals surface area contributed by atoms with Crippen molar-refractivity contribution in [3.05, 3.63) is 93.1 Å². The highest BCUT2D eigenvalue weighted by Crippen LogP contribution is 2.49. The maximum atomic E-state index is 2.45. The van der Waals surface area contributed by atoms with Crippen molar-refractivity contribution in [2.24, 2.45) is 0 Å². The minimum atomic E-state index is 0.372. The zero-order valence-electron chi connectivity index (χ0n) is 10.9. The Kier molecular flexibility index (Phi) is 2.88. The van der Waals surface area contributed by atoms with Crippen LogP contribution in [0, 0.1) is 3.57 Å². The monoisotopic (exact) mass is 368 g/mol. The van der Waals surface area contributed by atoms with E-state index in [-0.39, 0.29) is 0 Å². The van der Waals surface area contributed by atoms with Crippen molar-refractivity contribution in [3.63, 3.8) is 0 Å². The van der Waals surface area contributed by atoms with Crippen LogP contribution < -0.4 is 0 Å². The van der Waals surface area contributed by atoms with Crippen LogP contribution in [0.4, 0.5) is 0 Å². The Morgan fingerprint density at radius 1 is 0.650 bits per heavy atom. The fourth-order valence-electron chi connectivity index (χ4n) is 3.21. The third-order valence-corrected chi connectivity index (χ3v) is 4.93. The maximum absolute atomic E-state index is 2.45. The van der Waals surface area contributed by atoms with E-state index in [1.807, 2.05) is 0 Å². The molecule has 3 aromatic carbocycles. The van der Waals surface area contributed by atoms with Crippen LogP contribution >= 0.6 is 22.6 Å². The van der Waals surface area contributed by atoms with Gasteiger partial charge < -0.3 is 0 Å². The lowest BCUT2D eigenvalue weighted by Crippen LogP contribution is -1.98. The molecule has 0 nitrogen and oxygen atoms in total. The van der Waals surface area contributed by atoms with Crippen LogP contribution in [0.1, 0.15) is 22.6 Å². The molecule has 0 spiro atoms. The third-order valence-electron chi connectivity index (χ3n) is 4.03. The summed E-state index contributed by atoms with van der Waals surface area (Å²) in [6.07, 6.45) is 0. The summed E-state index contributed by atoms with van der Waals surface area (Å²) in [4.78, 5) is 0. The Morgan fingerprint density at radius 2 is 1.35 bits per heavy atom. The highest BCUT2D eigenvalue weighted by atomic mass is 127. The van der Waals surface area contributed by atoms with Gasteiger partial charge in [-0.2, -0.15) is 0 Å². The fourth-order valence-corrected chi connectivity index (χ4v) is 4.02. The minimum absolute atomic E-state index is 0.372. The molecule has 0 heterocycles. The molecule has 0 saturated heterocycles. The van der Waals surface area contributed by atoms with Gasteiger partial charge in [0, 0.05) is 9.49 Å². The Morgan fingerprint density at radius 3 is 2.20 bits per heavy atom. The molecule has 0 bridgehead atoms. The van der Waals surface area contributed by atoms with Gasteiger partial charge in [0.05, 0.1) is 0 Å². The molecular weight excluding hydrogens is 355 g/mol. The van der Waals surface area contributed by atoms with E-state index >= 15 is 0 Å². The number of hydrogen-bond donors (Lipinski definition) is 0. The van der Waals surface area contributed by atoms with Crippen LogP contribution in [-0.2, 0) is 0 Å². The second kappa shape index (κ2) is 4.74. The SMILES string of the molecule is Ic1cccc2c1-c1ccccc1C2c1ccccc1. The number of rotatable bonds is 1. The molecule has 3 aromatic rings. The van der Waals surface area contributed by atoms with Gasteiger partial charge in [0.2, 0.25) is 0 Å². The van der Waals surface area contributed by atoms with Gasteiger partial charge in [0.1, 0.15) is 0 Å². The van der Waals surface area contributed by atoms with Crippen molar-refractivity contribution < 1.29 is 0 Å². The lowest BCUT2D eigenvalue weighted by Gasteiger charge is -2.14. The molecule has 0 saturated carbocycles. The predicted molar refractivity (Wildman–Crippen MR) is 92.0 cm³/mol. The van der Waals surface area contributed by atoms with Crippen LogP contribution in [0.3, 0.4) is 0 Å². The molecule has 96 valence electrons. The van der Waals surface area contributed by atoms with Crippen LogP contribution in [0.2, 0.25) is 0 Å². The van der Waals surface area contributed by atoms with E-state index < -0.39 is 0 Å². The average Bonchev–Trinajstić information content (AvgIpc) is 2.84. The van der Waals surface area contributed by atoms with Crippen molar-refractivity contribution >= 4 is 22.6 Å². The van der Waals surface area contributed by atoms with E-state index in [2.05, 4.69) is 95.4 Å². The Hall–Kier alpha value is -1.61. The summed E-state index contributed by atoms with van der Waals surface area (Å²) in [5.74, 6) is 0.372. The van der Waals surface area contributed by atoms with Crippen molar-refractivity contribution in [3.8, 4) is 11.1 Å². The topological polar surface area (TPSA) is 0 Å². The standard InChI is InChI=1S/C19H13I/c20-17-12-6-11-16-18(13-7-2-1-3-8-13)14-9-4-5-10-15(14)19(16)17/h1-12,18H. The largest absolute Gasteiger partial charge is 0.0622 e. The second-order valence-electron chi connectivity index (χ2n) is 5.14. The van der Waals surface area contributed by atoms with E-state index in [0.29, 0.717) is 5.92 Å². The van der Waals surface area contributed by atoms with E-state index in [0.717, 1.165) is 0 Å². The smallest absolute Gasteiger partial charge is 0.0352 e. The summed E-state index contributed by atoms with van der Waals surface area (Å²) in [7, 11) is 0. The number of fused-ring (bicyclic) bond motifs is 3. The molecule has 20 heavy (non-hydrogen) atoms. The highest BCUT2D eigenvalue weighted by molar-refractivity contribution is 14.1. The molecule has 4 rings (SSSR count). The van der Waals surface area contributed by atoms with Gasteiger partial charge >= 0.3 is 0 Å². The van der Waals surface area contributed by atoms with Gasteiger partial charge in [-0.15, -0.1) is 0 Å². The normalized spacial score (nSPS) is 15.8. The van der Waals surface area contributed by atoms with Crippen LogP contribution in [0.25, 0.3) is 11.1 Å². The number of hydrogen-bond acceptors (Lipinski definition) is 0. The molecule has 1 unspecified atom stereocenters. The van der Waals surface area contributed by atoms with Gasteiger partial charge in [-0.05, 0) is 56.5 Å². The lowest BCUT2D eigenvalue weighted by atomic mass is 9.89. The molecule has 0 fully saturated rings. The Balaban J connectivity index is 2.05. The molecule has 1 aliphatic carbocycles. The fraction of sp³-hybridized carbons (Fsp3) is 0.0526. The summed E-state index contributed by atoms with van der Waals surface area (Å²) in [6.45, 7) is 0. The van der Waals surface area contributed by atoms with Crippen molar-refractivity contribution in [2.75, 3.05) is 0 Å². The predicted octanol–water partition coefficient (Wildman–Crippen LogP) is 5.45. The zero-order valence-corrected chi connectivity index (χ0v) is 13.0. The van der Waals surface area contributed by atoms with Crippen LogP contribution in [-0.4, -0.2) is 0 Å². The van der Waals surface area contributed by atoms with Gasteiger partial charge in [-0.25, -0.2) is 0 Å². The molecule has 0 aliphatic heterocycles. The lowest BCUT2D eigenvalue weighted by molar-refractivity contribution is 1.01. The molecule has 0 amide bonds. The first-order chi connectivity index (χ1) is 9.86. The van der Waals surface area contributed by atoms with Crippen LogP contribution in [0.15, 0.2) is 72.8 Å². The molecule has 1 aliphatic rings. The quantitative estimate of drug-likeness (QED) is 0.392. The zero-order chi connectivity index (χ0) is 13.5. The number of benzene rings is 3. The summed E-state index contributed by atoms with van der Waals surface area (Å²) < 4.78 is 1.34.